The van der Waals surface area contributed by atoms with Crippen LogP contribution >= 0.6 is 0 Å². The van der Waals surface area contributed by atoms with Crippen LogP contribution in [0.1, 0.15) is 37.0 Å². The molecule has 1 fully saturated rings. The molecule has 0 aromatic heterocycles. The molecule has 2 aromatic carbocycles. The third kappa shape index (κ3) is 4.09. The molecule has 162 valence electrons. The van der Waals surface area contributed by atoms with E-state index in [1.165, 1.54) is 4.90 Å². The van der Waals surface area contributed by atoms with Gasteiger partial charge in [0.1, 0.15) is 11.4 Å². The molecule has 2 aliphatic rings. The van der Waals surface area contributed by atoms with E-state index in [1.54, 1.807) is 7.11 Å². The number of likely N-dealkylation sites (tertiary alicyclic amines) is 1. The number of carbonyl (C=O) groups is 2. The highest BCUT2D eigenvalue weighted by molar-refractivity contribution is 6.35. The van der Waals surface area contributed by atoms with E-state index in [2.05, 4.69) is 18.7 Å². The molecule has 0 N–H and O–H groups in total. The zero-order valence-corrected chi connectivity index (χ0v) is 18.7. The van der Waals surface area contributed by atoms with Crippen molar-refractivity contribution in [2.45, 2.75) is 33.7 Å². The monoisotopic (exact) mass is 418 g/mol. The summed E-state index contributed by atoms with van der Waals surface area (Å²) < 4.78 is 5.45. The van der Waals surface area contributed by atoms with Crippen LogP contribution < -0.4 is 4.74 Å². The Morgan fingerprint density at radius 2 is 1.58 bits per heavy atom. The first-order valence-corrected chi connectivity index (χ1v) is 10.9. The minimum absolute atomic E-state index is 0.194. The summed E-state index contributed by atoms with van der Waals surface area (Å²) in [7, 11) is 1.60. The van der Waals surface area contributed by atoms with E-state index in [-0.39, 0.29) is 18.4 Å². The minimum atomic E-state index is -0.236. The fourth-order valence-electron chi connectivity index (χ4n) is 4.83. The normalized spacial score (nSPS) is 21.8. The fraction of sp³-hybridized carbons (Fsp3) is 0.385. The van der Waals surface area contributed by atoms with E-state index in [4.69, 9.17) is 4.74 Å². The lowest BCUT2D eigenvalue weighted by molar-refractivity contribution is -0.138. The van der Waals surface area contributed by atoms with Crippen molar-refractivity contribution in [1.29, 1.82) is 0 Å². The molecule has 1 saturated heterocycles. The van der Waals surface area contributed by atoms with Crippen LogP contribution in [0.15, 0.2) is 54.2 Å². The summed E-state index contributed by atoms with van der Waals surface area (Å²) in [6.45, 7) is 8.21. The molecule has 31 heavy (non-hydrogen) atoms. The maximum absolute atomic E-state index is 13.6. The molecule has 0 aliphatic carbocycles. The number of hydrogen-bond acceptors (Lipinski definition) is 4. The molecular weight excluding hydrogens is 388 g/mol. The number of aryl methyl sites for hydroxylation is 1. The molecule has 5 heteroatoms. The van der Waals surface area contributed by atoms with Crippen LogP contribution in [-0.2, 0) is 16.1 Å². The second-order valence-corrected chi connectivity index (χ2v) is 8.95. The lowest BCUT2D eigenvalue weighted by Gasteiger charge is -2.37. The zero-order chi connectivity index (χ0) is 22.1. The second kappa shape index (κ2) is 8.58. The predicted molar refractivity (Wildman–Crippen MR) is 121 cm³/mol. The molecule has 2 aliphatic heterocycles. The van der Waals surface area contributed by atoms with Crippen molar-refractivity contribution >= 4 is 17.4 Å². The van der Waals surface area contributed by atoms with Crippen molar-refractivity contribution in [3.05, 3.63) is 70.9 Å². The Hall–Kier alpha value is -3.08. The first-order valence-electron chi connectivity index (χ1n) is 10.9. The van der Waals surface area contributed by atoms with Gasteiger partial charge in [0.2, 0.25) is 0 Å². The van der Waals surface area contributed by atoms with Crippen LogP contribution in [0, 0.1) is 18.8 Å². The number of piperidine rings is 1. The smallest absolute Gasteiger partial charge is 0.278 e. The largest absolute Gasteiger partial charge is 0.496 e. The van der Waals surface area contributed by atoms with Crippen LogP contribution in [0.3, 0.4) is 0 Å². The van der Waals surface area contributed by atoms with Crippen LogP contribution in [0.25, 0.3) is 5.57 Å². The van der Waals surface area contributed by atoms with Gasteiger partial charge in [0, 0.05) is 18.7 Å². The number of amides is 2. The summed E-state index contributed by atoms with van der Waals surface area (Å²) in [5.74, 6) is 1.17. The third-order valence-electron chi connectivity index (χ3n) is 6.19. The van der Waals surface area contributed by atoms with Gasteiger partial charge in [-0.2, -0.15) is 0 Å². The van der Waals surface area contributed by atoms with Crippen LogP contribution in [0.2, 0.25) is 0 Å². The molecule has 0 bridgehead atoms. The van der Waals surface area contributed by atoms with Gasteiger partial charge in [0.05, 0.1) is 19.2 Å². The van der Waals surface area contributed by atoms with Gasteiger partial charge in [0.15, 0.2) is 0 Å². The maximum atomic E-state index is 13.6. The van der Waals surface area contributed by atoms with E-state index < -0.39 is 0 Å². The third-order valence-corrected chi connectivity index (χ3v) is 6.19. The number of hydrogen-bond donors (Lipinski definition) is 0. The highest BCUT2D eigenvalue weighted by atomic mass is 16.5. The highest BCUT2D eigenvalue weighted by Gasteiger charge is 2.43. The molecule has 2 aromatic rings. The summed E-state index contributed by atoms with van der Waals surface area (Å²) in [6.07, 6.45) is 1.14. The summed E-state index contributed by atoms with van der Waals surface area (Å²) in [5.41, 5.74) is 3.79. The Labute approximate surface area is 184 Å². The van der Waals surface area contributed by atoms with E-state index >= 15 is 0 Å². The van der Waals surface area contributed by atoms with Gasteiger partial charge in [-0.05, 0) is 36.8 Å². The Morgan fingerprint density at radius 3 is 2.23 bits per heavy atom. The van der Waals surface area contributed by atoms with Gasteiger partial charge in [-0.3, -0.25) is 14.5 Å². The number of benzene rings is 2. The summed E-state index contributed by atoms with van der Waals surface area (Å²) in [5, 5.41) is 0. The average molecular weight is 419 g/mol. The van der Waals surface area contributed by atoms with Crippen LogP contribution in [0.4, 0.5) is 0 Å². The van der Waals surface area contributed by atoms with E-state index in [1.807, 2.05) is 55.5 Å². The number of imide groups is 1. The molecule has 0 radical (unpaired) electrons. The van der Waals surface area contributed by atoms with Crippen LogP contribution in [-0.4, -0.2) is 41.8 Å². The minimum Gasteiger partial charge on any atom is -0.496 e. The molecule has 2 unspecified atom stereocenters. The highest BCUT2D eigenvalue weighted by Crippen LogP contribution is 2.36. The number of para-hydroxylation sites is 1. The Kier molecular flexibility index (Phi) is 5.86. The molecule has 2 amide bonds. The zero-order valence-electron chi connectivity index (χ0n) is 18.7. The molecule has 0 saturated carbocycles. The lowest BCUT2D eigenvalue weighted by Crippen LogP contribution is -2.41. The van der Waals surface area contributed by atoms with Crippen molar-refractivity contribution in [3.63, 3.8) is 0 Å². The lowest BCUT2D eigenvalue weighted by atomic mass is 9.91. The first kappa shape index (κ1) is 21.2. The van der Waals surface area contributed by atoms with Crippen molar-refractivity contribution in [1.82, 2.24) is 9.80 Å². The Bertz CT molecular complexity index is 1020. The van der Waals surface area contributed by atoms with Gasteiger partial charge < -0.3 is 9.64 Å². The second-order valence-electron chi connectivity index (χ2n) is 8.95. The number of nitrogens with zero attached hydrogens (tertiary/aromatic N) is 2. The number of methoxy groups -OCH3 is 1. The molecule has 2 heterocycles. The Balaban J connectivity index is 1.76. The quantitative estimate of drug-likeness (QED) is 0.681. The molecule has 5 nitrogen and oxygen atoms in total. The number of ether oxygens (including phenoxy) is 1. The van der Waals surface area contributed by atoms with Crippen molar-refractivity contribution in [2.75, 3.05) is 20.2 Å². The Morgan fingerprint density at radius 1 is 0.935 bits per heavy atom. The van der Waals surface area contributed by atoms with Crippen molar-refractivity contribution < 1.29 is 14.3 Å². The van der Waals surface area contributed by atoms with Gasteiger partial charge >= 0.3 is 0 Å². The first-order chi connectivity index (χ1) is 14.9. The molecule has 0 spiro atoms. The maximum Gasteiger partial charge on any atom is 0.278 e. The van der Waals surface area contributed by atoms with Crippen molar-refractivity contribution in [2.24, 2.45) is 11.8 Å². The molecular formula is C26H30N2O3. The van der Waals surface area contributed by atoms with Gasteiger partial charge in [-0.1, -0.05) is 61.9 Å². The topological polar surface area (TPSA) is 49.9 Å². The molecule has 4 rings (SSSR count). The SMILES string of the molecule is COc1ccccc1CN1C(=O)C(c2ccc(C)cc2)=C(N2CC(C)CC(C)C2)C1=O. The van der Waals surface area contributed by atoms with Gasteiger partial charge in [0.25, 0.3) is 11.8 Å². The van der Waals surface area contributed by atoms with E-state index in [9.17, 15) is 9.59 Å². The van der Waals surface area contributed by atoms with Gasteiger partial charge in [-0.25, -0.2) is 0 Å². The predicted octanol–water partition coefficient (Wildman–Crippen LogP) is 4.26. The van der Waals surface area contributed by atoms with E-state index in [0.717, 1.165) is 36.2 Å². The fourth-order valence-corrected chi connectivity index (χ4v) is 4.83. The van der Waals surface area contributed by atoms with Crippen molar-refractivity contribution in [3.8, 4) is 5.75 Å². The molecule has 2 atom stereocenters. The van der Waals surface area contributed by atoms with Gasteiger partial charge in [-0.15, -0.1) is 0 Å². The standard InChI is InChI=1S/C26H30N2O3/c1-17-9-11-20(12-10-17)23-24(27-14-18(2)13-19(3)15-27)26(30)28(25(23)29)16-21-7-5-6-8-22(21)31-4/h5-12,18-19H,13-16H2,1-4H3. The van der Waals surface area contributed by atoms with Crippen LogP contribution in [0.5, 0.6) is 5.75 Å². The van der Waals surface area contributed by atoms with E-state index in [0.29, 0.717) is 28.9 Å². The summed E-state index contributed by atoms with van der Waals surface area (Å²) >= 11 is 0. The summed E-state index contributed by atoms with van der Waals surface area (Å²) in [6, 6.07) is 15.4. The summed E-state index contributed by atoms with van der Waals surface area (Å²) in [4.78, 5) is 30.8. The number of rotatable bonds is 5. The number of carbonyl (C=O) groups excluding carboxylic acids is 2. The average Bonchev–Trinajstić information content (AvgIpc) is 2.99.